The zero-order valence-electron chi connectivity index (χ0n) is 10.9. The fourth-order valence-electron chi connectivity index (χ4n) is 1.73. The van der Waals surface area contributed by atoms with Gasteiger partial charge in [0, 0.05) is 19.2 Å². The molecule has 2 aromatic rings. The number of aromatic nitrogens is 2. The van der Waals surface area contributed by atoms with Gasteiger partial charge in [0.05, 0.1) is 20.7 Å². The van der Waals surface area contributed by atoms with Crippen molar-refractivity contribution in [1.82, 2.24) is 9.78 Å². The summed E-state index contributed by atoms with van der Waals surface area (Å²) in [6, 6.07) is 4.26. The van der Waals surface area contributed by atoms with Gasteiger partial charge in [-0.05, 0) is 6.92 Å². The van der Waals surface area contributed by atoms with Gasteiger partial charge in [0.1, 0.15) is 11.6 Å². The summed E-state index contributed by atoms with van der Waals surface area (Å²) in [5, 5.41) is 24.3. The van der Waals surface area contributed by atoms with E-state index in [-0.39, 0.29) is 32.9 Å². The molecule has 0 aliphatic rings. The number of ether oxygens (including phenoxy) is 1. The molecule has 108 valence electrons. The van der Waals surface area contributed by atoms with Gasteiger partial charge in [-0.15, -0.1) is 0 Å². The lowest BCUT2D eigenvalue weighted by Gasteiger charge is -2.08. The quantitative estimate of drug-likeness (QED) is 0.634. The number of nitro groups is 1. The second-order valence-electron chi connectivity index (χ2n) is 4.09. The van der Waals surface area contributed by atoms with Crippen LogP contribution in [0, 0.1) is 28.4 Å². The van der Waals surface area contributed by atoms with Gasteiger partial charge < -0.3 is 4.74 Å². The molecule has 0 spiro atoms. The zero-order chi connectivity index (χ0) is 15.7. The predicted molar refractivity (Wildman–Crippen MR) is 75.9 cm³/mol. The molecule has 0 saturated heterocycles. The standard InChI is InChI=1S/C12H8Cl2N4O3/c1-6-7(5-15)12(17(2)16-6)21-11-4-9(14)8(13)3-10(11)18(19)20/h3-4H,1-2H3. The van der Waals surface area contributed by atoms with Gasteiger partial charge in [-0.25, -0.2) is 4.68 Å². The molecule has 7 nitrogen and oxygen atoms in total. The molecule has 0 fully saturated rings. The van der Waals surface area contributed by atoms with Crippen LogP contribution in [0.25, 0.3) is 0 Å². The highest BCUT2D eigenvalue weighted by molar-refractivity contribution is 6.42. The Hall–Kier alpha value is -2.30. The summed E-state index contributed by atoms with van der Waals surface area (Å²) in [5.74, 6) is -0.0228. The minimum atomic E-state index is -0.646. The second-order valence-corrected chi connectivity index (χ2v) is 4.91. The second kappa shape index (κ2) is 5.60. The van der Waals surface area contributed by atoms with Crippen molar-refractivity contribution in [2.45, 2.75) is 6.92 Å². The third-order valence-corrected chi connectivity index (χ3v) is 3.41. The summed E-state index contributed by atoms with van der Waals surface area (Å²) in [6.07, 6.45) is 0. The van der Waals surface area contributed by atoms with Crippen LogP contribution in [0.5, 0.6) is 11.6 Å². The van der Waals surface area contributed by atoms with Crippen LogP contribution in [-0.4, -0.2) is 14.7 Å². The summed E-state index contributed by atoms with van der Waals surface area (Å²) in [7, 11) is 1.56. The van der Waals surface area contributed by atoms with Crippen LogP contribution in [0.15, 0.2) is 12.1 Å². The van der Waals surface area contributed by atoms with Crippen molar-refractivity contribution in [3.63, 3.8) is 0 Å². The van der Waals surface area contributed by atoms with Crippen molar-refractivity contribution in [2.24, 2.45) is 7.05 Å². The van der Waals surface area contributed by atoms with Gasteiger partial charge in [0.25, 0.3) is 0 Å². The molecular weight excluding hydrogens is 319 g/mol. The number of nitro benzene ring substituents is 1. The molecule has 0 aliphatic carbocycles. The molecule has 0 atom stereocenters. The number of hydrogen-bond donors (Lipinski definition) is 0. The highest BCUT2D eigenvalue weighted by atomic mass is 35.5. The van der Waals surface area contributed by atoms with E-state index < -0.39 is 4.92 Å². The smallest absolute Gasteiger partial charge is 0.313 e. The Morgan fingerprint density at radius 1 is 1.43 bits per heavy atom. The van der Waals surface area contributed by atoms with Crippen molar-refractivity contribution >= 4 is 28.9 Å². The first-order valence-electron chi connectivity index (χ1n) is 5.60. The maximum Gasteiger partial charge on any atom is 0.313 e. The van der Waals surface area contributed by atoms with Crippen LogP contribution in [-0.2, 0) is 7.05 Å². The molecule has 1 heterocycles. The molecule has 21 heavy (non-hydrogen) atoms. The fourth-order valence-corrected chi connectivity index (χ4v) is 2.04. The zero-order valence-corrected chi connectivity index (χ0v) is 12.4. The van der Waals surface area contributed by atoms with Crippen molar-refractivity contribution in [2.75, 3.05) is 0 Å². The molecular formula is C12H8Cl2N4O3. The molecule has 0 saturated carbocycles. The van der Waals surface area contributed by atoms with Crippen LogP contribution in [0.2, 0.25) is 10.0 Å². The van der Waals surface area contributed by atoms with Crippen LogP contribution in [0.3, 0.4) is 0 Å². The number of nitriles is 1. The van der Waals surface area contributed by atoms with Gasteiger partial charge in [0.15, 0.2) is 0 Å². The van der Waals surface area contributed by atoms with Crippen LogP contribution >= 0.6 is 23.2 Å². The largest absolute Gasteiger partial charge is 0.431 e. The van der Waals surface area contributed by atoms with Gasteiger partial charge in [-0.3, -0.25) is 10.1 Å². The highest BCUT2D eigenvalue weighted by Crippen LogP contribution is 2.38. The van der Waals surface area contributed by atoms with E-state index in [1.165, 1.54) is 10.7 Å². The SMILES string of the molecule is Cc1nn(C)c(Oc2cc(Cl)c(Cl)cc2[N+](=O)[O-])c1C#N. The number of nitrogens with zero attached hydrogens (tertiary/aromatic N) is 4. The summed E-state index contributed by atoms with van der Waals surface area (Å²) in [4.78, 5) is 10.4. The van der Waals surface area contributed by atoms with Crippen LogP contribution in [0.1, 0.15) is 11.3 Å². The van der Waals surface area contributed by atoms with Gasteiger partial charge in [0.2, 0.25) is 11.6 Å². The van der Waals surface area contributed by atoms with Crippen LogP contribution in [0.4, 0.5) is 5.69 Å². The van der Waals surface area contributed by atoms with E-state index in [0.717, 1.165) is 6.07 Å². The molecule has 1 aromatic carbocycles. The molecule has 0 N–H and O–H groups in total. The normalized spacial score (nSPS) is 10.2. The number of benzene rings is 1. The Kier molecular flexibility index (Phi) is 4.02. The molecule has 0 bridgehead atoms. The van der Waals surface area contributed by atoms with Crippen molar-refractivity contribution < 1.29 is 9.66 Å². The topological polar surface area (TPSA) is 94.0 Å². The van der Waals surface area contributed by atoms with Gasteiger partial charge in [-0.1, -0.05) is 23.2 Å². The molecule has 1 aromatic heterocycles. The third kappa shape index (κ3) is 2.77. The van der Waals surface area contributed by atoms with E-state index in [2.05, 4.69) is 5.10 Å². The number of rotatable bonds is 3. The lowest BCUT2D eigenvalue weighted by atomic mass is 10.2. The van der Waals surface area contributed by atoms with E-state index in [4.69, 9.17) is 33.2 Å². The maximum atomic E-state index is 11.1. The van der Waals surface area contributed by atoms with E-state index in [9.17, 15) is 10.1 Å². The van der Waals surface area contributed by atoms with E-state index in [0.29, 0.717) is 5.69 Å². The molecule has 9 heteroatoms. The fraction of sp³-hybridized carbons (Fsp3) is 0.167. The highest BCUT2D eigenvalue weighted by Gasteiger charge is 2.23. The van der Waals surface area contributed by atoms with Crippen LogP contribution < -0.4 is 4.74 Å². The Morgan fingerprint density at radius 2 is 2.05 bits per heavy atom. The first kappa shape index (κ1) is 15.1. The average Bonchev–Trinajstić information content (AvgIpc) is 2.67. The maximum absolute atomic E-state index is 11.1. The Labute approximate surface area is 129 Å². The number of halogens is 2. The Balaban J connectivity index is 2.57. The molecule has 0 unspecified atom stereocenters. The van der Waals surface area contributed by atoms with Crippen molar-refractivity contribution in [3.05, 3.63) is 43.5 Å². The summed E-state index contributed by atoms with van der Waals surface area (Å²) in [5.41, 5.74) is 0.294. The monoisotopic (exact) mass is 326 g/mol. The average molecular weight is 327 g/mol. The van der Waals surface area contributed by atoms with E-state index in [1.54, 1.807) is 14.0 Å². The first-order chi connectivity index (χ1) is 9.85. The van der Waals surface area contributed by atoms with Gasteiger partial charge in [-0.2, -0.15) is 10.4 Å². The molecule has 0 radical (unpaired) electrons. The minimum absolute atomic E-state index is 0.0393. The predicted octanol–water partition coefficient (Wildman–Crippen LogP) is 3.61. The Bertz CT molecular complexity index is 780. The summed E-state index contributed by atoms with van der Waals surface area (Å²) >= 11 is 11.6. The first-order valence-corrected chi connectivity index (χ1v) is 6.35. The molecule has 2 rings (SSSR count). The third-order valence-electron chi connectivity index (χ3n) is 2.69. The molecule has 0 aliphatic heterocycles. The molecule has 0 amide bonds. The van der Waals surface area contributed by atoms with Crippen molar-refractivity contribution in [3.8, 4) is 17.7 Å². The number of hydrogen-bond acceptors (Lipinski definition) is 5. The van der Waals surface area contributed by atoms with Gasteiger partial charge >= 0.3 is 5.69 Å². The summed E-state index contributed by atoms with van der Waals surface area (Å²) < 4.78 is 6.79. The number of aryl methyl sites for hydroxylation is 2. The van der Waals surface area contributed by atoms with E-state index >= 15 is 0 Å². The Morgan fingerprint density at radius 3 is 2.62 bits per heavy atom. The summed E-state index contributed by atoms with van der Waals surface area (Å²) in [6.45, 7) is 1.63. The minimum Gasteiger partial charge on any atom is -0.431 e. The van der Waals surface area contributed by atoms with E-state index in [1.807, 2.05) is 6.07 Å². The van der Waals surface area contributed by atoms with Crippen molar-refractivity contribution in [1.29, 1.82) is 5.26 Å². The lowest BCUT2D eigenvalue weighted by Crippen LogP contribution is -1.99. The lowest BCUT2D eigenvalue weighted by molar-refractivity contribution is -0.385.